The van der Waals surface area contributed by atoms with Crippen LogP contribution in [-0.2, 0) is 14.6 Å². The van der Waals surface area contributed by atoms with Crippen LogP contribution in [0.25, 0.3) is 0 Å². The van der Waals surface area contributed by atoms with E-state index in [9.17, 15) is 18.0 Å². The molecule has 1 N–H and O–H groups in total. The third-order valence-corrected chi connectivity index (χ3v) is 5.06. The first-order valence-electron chi connectivity index (χ1n) is 5.98. The van der Waals surface area contributed by atoms with E-state index >= 15 is 0 Å². The molecule has 0 aliphatic heterocycles. The molecule has 20 heavy (non-hydrogen) atoms. The number of sulfone groups is 1. The average Bonchev–Trinajstić information content (AvgIpc) is 2.83. The number of hydrogen-bond donors (Lipinski definition) is 1. The Morgan fingerprint density at radius 1 is 1.45 bits per heavy atom. The van der Waals surface area contributed by atoms with Crippen LogP contribution < -0.4 is 0 Å². The zero-order chi connectivity index (χ0) is 15.5. The van der Waals surface area contributed by atoms with Crippen molar-refractivity contribution < 1.29 is 23.1 Å². The fourth-order valence-electron chi connectivity index (χ4n) is 1.56. The molecule has 0 aliphatic rings. The summed E-state index contributed by atoms with van der Waals surface area (Å²) in [4.78, 5) is 24.7. The van der Waals surface area contributed by atoms with Crippen molar-refractivity contribution in [2.24, 2.45) is 0 Å². The summed E-state index contributed by atoms with van der Waals surface area (Å²) in [6.07, 6.45) is 1.68. The van der Waals surface area contributed by atoms with Crippen molar-refractivity contribution in [3.8, 4) is 0 Å². The summed E-state index contributed by atoms with van der Waals surface area (Å²) in [6, 6.07) is 1.06. The van der Waals surface area contributed by atoms with E-state index in [1.165, 1.54) is 16.3 Å². The number of amides is 1. The highest BCUT2D eigenvalue weighted by atomic mass is 32.2. The van der Waals surface area contributed by atoms with Gasteiger partial charge in [0.25, 0.3) is 5.91 Å². The molecule has 0 aliphatic carbocycles. The van der Waals surface area contributed by atoms with Crippen molar-refractivity contribution in [3.63, 3.8) is 0 Å². The van der Waals surface area contributed by atoms with Crippen LogP contribution in [0.2, 0.25) is 0 Å². The minimum Gasteiger partial charge on any atom is -0.480 e. The van der Waals surface area contributed by atoms with E-state index in [1.54, 1.807) is 6.92 Å². The maximum atomic E-state index is 12.3. The van der Waals surface area contributed by atoms with E-state index < -0.39 is 28.3 Å². The van der Waals surface area contributed by atoms with Crippen LogP contribution in [0.1, 0.15) is 29.9 Å². The lowest BCUT2D eigenvalue weighted by Gasteiger charge is -2.26. The van der Waals surface area contributed by atoms with Gasteiger partial charge in [0.05, 0.1) is 9.77 Å². The molecule has 0 fully saturated rings. The maximum Gasteiger partial charge on any atom is 0.323 e. The van der Waals surface area contributed by atoms with E-state index in [0.717, 1.165) is 17.6 Å². The zero-order valence-corrected chi connectivity index (χ0v) is 13.1. The predicted octanol–water partition coefficient (Wildman–Crippen LogP) is 1.48. The van der Waals surface area contributed by atoms with Crippen LogP contribution in [0.3, 0.4) is 0 Å². The summed E-state index contributed by atoms with van der Waals surface area (Å²) in [5.41, 5.74) is 0. The van der Waals surface area contributed by atoms with Gasteiger partial charge in [0, 0.05) is 17.7 Å². The molecular formula is C12H17NO5S2. The summed E-state index contributed by atoms with van der Waals surface area (Å²) < 4.78 is 22.8. The van der Waals surface area contributed by atoms with Gasteiger partial charge in [-0.3, -0.25) is 9.59 Å². The average molecular weight is 319 g/mol. The monoisotopic (exact) mass is 319 g/mol. The Morgan fingerprint density at radius 3 is 2.45 bits per heavy atom. The van der Waals surface area contributed by atoms with Crippen LogP contribution in [-0.4, -0.2) is 49.1 Å². The van der Waals surface area contributed by atoms with Crippen LogP contribution in [0.5, 0.6) is 0 Å². The van der Waals surface area contributed by atoms with Gasteiger partial charge in [-0.2, -0.15) is 0 Å². The van der Waals surface area contributed by atoms with Gasteiger partial charge in [0.2, 0.25) is 0 Å². The molecule has 0 bridgehead atoms. The van der Waals surface area contributed by atoms with Gasteiger partial charge >= 0.3 is 5.97 Å². The molecule has 112 valence electrons. The van der Waals surface area contributed by atoms with Crippen LogP contribution in [0.15, 0.2) is 16.3 Å². The van der Waals surface area contributed by atoms with E-state index in [0.29, 0.717) is 6.42 Å². The van der Waals surface area contributed by atoms with Crippen molar-refractivity contribution >= 4 is 33.1 Å². The van der Waals surface area contributed by atoms with Crippen molar-refractivity contribution in [2.75, 3.05) is 12.8 Å². The number of thiophene rings is 1. The standard InChI is InChI=1S/C12H17NO5S2/c1-4-8(2)13(6-11(14)15)12(16)10-5-9(7-19-10)20(3,17)18/h5,7-8H,4,6H2,1-3H3,(H,14,15). The smallest absolute Gasteiger partial charge is 0.323 e. The van der Waals surface area contributed by atoms with Gasteiger partial charge < -0.3 is 10.0 Å². The fourth-order valence-corrected chi connectivity index (χ4v) is 3.54. The molecule has 1 rings (SSSR count). The summed E-state index contributed by atoms with van der Waals surface area (Å²) in [5, 5.41) is 10.3. The van der Waals surface area contributed by atoms with Gasteiger partial charge in [-0.05, 0) is 19.4 Å². The Balaban J connectivity index is 3.06. The highest BCUT2D eigenvalue weighted by molar-refractivity contribution is 7.90. The van der Waals surface area contributed by atoms with E-state index in [1.807, 2.05) is 6.92 Å². The SMILES string of the molecule is CCC(C)N(CC(=O)O)C(=O)c1cc(S(C)(=O)=O)cs1. The first-order valence-corrected chi connectivity index (χ1v) is 8.75. The van der Waals surface area contributed by atoms with Gasteiger partial charge in [-0.1, -0.05) is 6.92 Å². The van der Waals surface area contributed by atoms with Crippen LogP contribution >= 0.6 is 11.3 Å². The number of hydrogen-bond acceptors (Lipinski definition) is 5. The van der Waals surface area contributed by atoms with E-state index in [4.69, 9.17) is 5.11 Å². The number of rotatable bonds is 6. The van der Waals surface area contributed by atoms with Crippen molar-refractivity contribution in [3.05, 3.63) is 16.3 Å². The summed E-state index contributed by atoms with van der Waals surface area (Å²) in [6.45, 7) is 3.20. The number of carboxylic acid groups (broad SMARTS) is 1. The Bertz CT molecular complexity index is 605. The second kappa shape index (κ2) is 6.36. The molecule has 6 nitrogen and oxygen atoms in total. The Labute approximate surface area is 121 Å². The van der Waals surface area contributed by atoms with Crippen molar-refractivity contribution in [1.82, 2.24) is 4.90 Å². The summed E-state index contributed by atoms with van der Waals surface area (Å²) >= 11 is 1.00. The minimum absolute atomic E-state index is 0.0743. The van der Waals surface area contributed by atoms with Gasteiger partial charge in [-0.15, -0.1) is 11.3 Å². The van der Waals surface area contributed by atoms with Gasteiger partial charge in [-0.25, -0.2) is 8.42 Å². The summed E-state index contributed by atoms with van der Waals surface area (Å²) in [5.74, 6) is -1.56. The highest BCUT2D eigenvalue weighted by Crippen LogP contribution is 2.22. The number of carbonyl (C=O) groups is 2. The zero-order valence-electron chi connectivity index (χ0n) is 11.5. The lowest BCUT2D eigenvalue weighted by molar-refractivity contribution is -0.138. The molecule has 1 unspecified atom stereocenters. The molecule has 1 aromatic rings. The Hall–Kier alpha value is -1.41. The molecular weight excluding hydrogens is 302 g/mol. The quantitative estimate of drug-likeness (QED) is 0.857. The number of aliphatic carboxylic acids is 1. The second-order valence-corrected chi connectivity index (χ2v) is 7.43. The lowest BCUT2D eigenvalue weighted by atomic mass is 10.2. The molecule has 0 aromatic carbocycles. The molecule has 0 saturated heterocycles. The number of nitrogens with zero attached hydrogens (tertiary/aromatic N) is 1. The lowest BCUT2D eigenvalue weighted by Crippen LogP contribution is -2.41. The molecule has 0 radical (unpaired) electrons. The molecule has 1 amide bonds. The van der Waals surface area contributed by atoms with Crippen molar-refractivity contribution in [1.29, 1.82) is 0 Å². The first kappa shape index (κ1) is 16.6. The molecule has 1 aromatic heterocycles. The Kier molecular flexibility index (Phi) is 5.29. The second-order valence-electron chi connectivity index (χ2n) is 4.50. The molecule has 8 heteroatoms. The van der Waals surface area contributed by atoms with Crippen LogP contribution in [0.4, 0.5) is 0 Å². The van der Waals surface area contributed by atoms with E-state index in [2.05, 4.69) is 0 Å². The van der Waals surface area contributed by atoms with Crippen molar-refractivity contribution in [2.45, 2.75) is 31.2 Å². The third-order valence-electron chi connectivity index (χ3n) is 2.90. The largest absolute Gasteiger partial charge is 0.480 e. The maximum absolute atomic E-state index is 12.3. The van der Waals surface area contributed by atoms with Crippen LogP contribution in [0, 0.1) is 0 Å². The van der Waals surface area contributed by atoms with Gasteiger partial charge in [0.15, 0.2) is 9.84 Å². The minimum atomic E-state index is -3.37. The summed E-state index contributed by atoms with van der Waals surface area (Å²) in [7, 11) is -3.37. The molecule has 0 saturated carbocycles. The molecule has 0 spiro atoms. The topological polar surface area (TPSA) is 91.8 Å². The first-order chi connectivity index (χ1) is 9.16. The third kappa shape index (κ3) is 4.04. The normalized spacial score (nSPS) is 12.9. The molecule has 1 heterocycles. The van der Waals surface area contributed by atoms with Gasteiger partial charge in [0.1, 0.15) is 6.54 Å². The fraction of sp³-hybridized carbons (Fsp3) is 0.500. The number of carbonyl (C=O) groups excluding carboxylic acids is 1. The van der Waals surface area contributed by atoms with E-state index in [-0.39, 0.29) is 15.8 Å². The Morgan fingerprint density at radius 2 is 2.05 bits per heavy atom. The predicted molar refractivity (Wildman–Crippen MR) is 75.9 cm³/mol. The molecule has 1 atom stereocenters. The number of carboxylic acids is 1. The highest BCUT2D eigenvalue weighted by Gasteiger charge is 2.25.